The van der Waals surface area contributed by atoms with Gasteiger partial charge < -0.3 is 19.8 Å². The second-order valence-corrected chi connectivity index (χ2v) is 20.5. The molecule has 0 rings (SSSR count). The number of rotatable bonds is 12. The second-order valence-electron chi connectivity index (χ2n) is 8.19. The summed E-state index contributed by atoms with van der Waals surface area (Å²) in [4.78, 5) is 40.4. The Labute approximate surface area is 189 Å². The molecule has 168 valence electrons. The molecule has 29 heavy (non-hydrogen) atoms. The van der Waals surface area contributed by atoms with E-state index in [2.05, 4.69) is 39.3 Å². The number of carbonyl (C=O) groups excluding carboxylic acids is 4. The van der Waals surface area contributed by atoms with Gasteiger partial charge in [-0.15, -0.1) is 0 Å². The van der Waals surface area contributed by atoms with E-state index in [0.717, 1.165) is 0 Å². The summed E-state index contributed by atoms with van der Waals surface area (Å²) in [6, 6.07) is 0. The molecule has 0 aromatic rings. The molecule has 0 radical (unpaired) electrons. The molecule has 0 aromatic carbocycles. The van der Waals surface area contributed by atoms with Gasteiger partial charge in [0.2, 0.25) is 0 Å². The van der Waals surface area contributed by atoms with E-state index in [1.165, 1.54) is 0 Å². The quantitative estimate of drug-likeness (QED) is 0.276. The summed E-state index contributed by atoms with van der Waals surface area (Å²) in [6.07, 6.45) is 1.21. The van der Waals surface area contributed by atoms with Gasteiger partial charge in [0.25, 0.3) is 0 Å². The molecule has 0 spiro atoms. The number of Topliss-reactive ketones (excluding diaryl/α,β-unsaturated/α-hetero) is 2. The van der Waals surface area contributed by atoms with Crippen molar-refractivity contribution in [2.45, 2.75) is 91.7 Å². The summed E-state index contributed by atoms with van der Waals surface area (Å²) in [7, 11) is -2.57. The van der Waals surface area contributed by atoms with Gasteiger partial charge in [-0.3, -0.25) is 9.59 Å². The Morgan fingerprint density at radius 1 is 0.690 bits per heavy atom. The Morgan fingerprint density at radius 3 is 1.14 bits per heavy atom. The molecule has 0 aliphatic heterocycles. The SMILES string of the molecule is CCCC(=O)CC(=O)[O-].CCCC(=O)CC(=O)[O-].C[Si](C)(C)[O][Zr+2][O][Si](C)(C)C. The van der Waals surface area contributed by atoms with E-state index in [0.29, 0.717) is 25.7 Å². The van der Waals surface area contributed by atoms with Crippen molar-refractivity contribution in [3.63, 3.8) is 0 Å². The topological polar surface area (TPSA) is 133 Å². The Morgan fingerprint density at radius 2 is 0.966 bits per heavy atom. The molecule has 0 aliphatic carbocycles. The van der Waals surface area contributed by atoms with Gasteiger partial charge in [0, 0.05) is 37.6 Å². The van der Waals surface area contributed by atoms with E-state index in [1.807, 2.05) is 13.8 Å². The van der Waals surface area contributed by atoms with Gasteiger partial charge in [-0.25, -0.2) is 0 Å². The van der Waals surface area contributed by atoms with Gasteiger partial charge in [0.05, 0.1) is 0 Å². The molecule has 0 aromatic heterocycles. The van der Waals surface area contributed by atoms with Crippen LogP contribution in [0.3, 0.4) is 0 Å². The van der Waals surface area contributed by atoms with E-state index in [1.54, 1.807) is 0 Å². The van der Waals surface area contributed by atoms with Crippen molar-refractivity contribution < 1.29 is 58.5 Å². The third kappa shape index (κ3) is 38.7. The molecule has 0 saturated carbocycles. The van der Waals surface area contributed by atoms with Crippen molar-refractivity contribution in [2.75, 3.05) is 0 Å². The predicted molar refractivity (Wildman–Crippen MR) is 108 cm³/mol. The van der Waals surface area contributed by atoms with Crippen LogP contribution in [0.5, 0.6) is 0 Å². The standard InChI is InChI=1S/2C6H10O3.2C3H9OSi.Zr/c2*1-2-3-5(7)4-6(8)9;2*1-5(2,3)4;/h2*2-4H2,1H3,(H,8,9);2*1-3H3;/q;;2*-1;+4/p-2. The number of carbonyl (C=O) groups is 4. The Bertz CT molecular complexity index is 455. The van der Waals surface area contributed by atoms with Crippen molar-refractivity contribution in [1.82, 2.24) is 0 Å². The minimum absolute atomic E-state index is 0.252. The zero-order valence-corrected chi connectivity index (χ0v) is 23.5. The maximum absolute atomic E-state index is 10.4. The number of hydrogen-bond acceptors (Lipinski definition) is 8. The van der Waals surface area contributed by atoms with Gasteiger partial charge in [-0.1, -0.05) is 13.8 Å². The third-order valence-electron chi connectivity index (χ3n) is 2.44. The van der Waals surface area contributed by atoms with Crippen LogP contribution in [0.25, 0.3) is 0 Å². The average Bonchev–Trinajstić information content (AvgIpc) is 2.44. The first-order chi connectivity index (χ1) is 13.0. The van der Waals surface area contributed by atoms with Gasteiger partial charge in [-0.2, -0.15) is 0 Å². The fourth-order valence-electron chi connectivity index (χ4n) is 1.33. The van der Waals surface area contributed by atoms with Gasteiger partial charge in [-0.05, 0) is 12.8 Å². The van der Waals surface area contributed by atoms with Crippen molar-refractivity contribution in [2.24, 2.45) is 0 Å². The fraction of sp³-hybridized carbons (Fsp3) is 0.778. The summed E-state index contributed by atoms with van der Waals surface area (Å²) >= 11 is -0.935. The number of aliphatic carboxylic acids is 2. The van der Waals surface area contributed by atoms with E-state index in [9.17, 15) is 29.4 Å². The monoisotopic (exact) mass is 526 g/mol. The zero-order chi connectivity index (χ0) is 23.7. The molecular formula is C18H36O8Si2Zr. The summed E-state index contributed by atoms with van der Waals surface area (Å²) in [6.45, 7) is 16.9. The first kappa shape index (κ1) is 33.2. The molecule has 0 bridgehead atoms. The third-order valence-corrected chi connectivity index (χ3v) is 14.1. The summed E-state index contributed by atoms with van der Waals surface area (Å²) < 4.78 is 11.5. The molecule has 0 amide bonds. The maximum atomic E-state index is 10.4. The van der Waals surface area contributed by atoms with Crippen molar-refractivity contribution in [3.05, 3.63) is 0 Å². The van der Waals surface area contributed by atoms with Crippen LogP contribution in [0.2, 0.25) is 39.3 Å². The molecule has 0 atom stereocenters. The fourth-order valence-corrected chi connectivity index (χ4v) is 6.60. The van der Waals surface area contributed by atoms with Crippen molar-refractivity contribution >= 4 is 40.1 Å². The molecule has 11 heteroatoms. The zero-order valence-electron chi connectivity index (χ0n) is 19.0. The summed E-state index contributed by atoms with van der Waals surface area (Å²) in [5.74, 6) is -3.07. The molecule has 0 N–H and O–H groups in total. The van der Waals surface area contributed by atoms with E-state index >= 15 is 0 Å². The molecule has 0 heterocycles. The van der Waals surface area contributed by atoms with Crippen LogP contribution in [0.1, 0.15) is 52.4 Å². The number of carboxylic acids is 2. The van der Waals surface area contributed by atoms with Crippen LogP contribution in [0.4, 0.5) is 0 Å². The Balaban J connectivity index is -0.000000352. The van der Waals surface area contributed by atoms with Gasteiger partial charge in [0.1, 0.15) is 11.6 Å². The van der Waals surface area contributed by atoms with Crippen molar-refractivity contribution in [3.8, 4) is 0 Å². The Kier molecular flexibility index (Phi) is 20.9. The number of hydrogen-bond donors (Lipinski definition) is 0. The average molecular weight is 528 g/mol. The molecular weight excluding hydrogens is 492 g/mol. The molecule has 0 fully saturated rings. The second kappa shape index (κ2) is 18.3. The van der Waals surface area contributed by atoms with Gasteiger partial charge in [0.15, 0.2) is 0 Å². The number of carboxylic acid groups (broad SMARTS) is 2. The molecule has 8 nitrogen and oxygen atoms in total. The van der Waals surface area contributed by atoms with Crippen LogP contribution < -0.4 is 10.2 Å². The van der Waals surface area contributed by atoms with Crippen LogP contribution in [-0.4, -0.2) is 40.1 Å². The van der Waals surface area contributed by atoms with Gasteiger partial charge >= 0.3 is 85.0 Å². The minimum atomic E-state index is -1.28. The first-order valence-corrected chi connectivity index (χ1v) is 18.4. The van der Waals surface area contributed by atoms with Crippen LogP contribution in [0.15, 0.2) is 0 Å². The van der Waals surface area contributed by atoms with E-state index < -0.39 is 65.5 Å². The van der Waals surface area contributed by atoms with Crippen LogP contribution >= 0.6 is 0 Å². The Hall–Kier alpha value is -0.483. The first-order valence-electron chi connectivity index (χ1n) is 9.58. The molecule has 0 aliphatic rings. The molecule has 0 unspecified atom stereocenters. The molecule has 0 saturated heterocycles. The van der Waals surface area contributed by atoms with Crippen LogP contribution in [-0.2, 0) is 48.3 Å². The summed E-state index contributed by atoms with van der Waals surface area (Å²) in [5, 5.41) is 19.5. The number of ketones is 2. The summed E-state index contributed by atoms with van der Waals surface area (Å²) in [5.41, 5.74) is 0. The predicted octanol–water partition coefficient (Wildman–Crippen LogP) is 1.59. The van der Waals surface area contributed by atoms with E-state index in [4.69, 9.17) is 5.00 Å². The van der Waals surface area contributed by atoms with Crippen LogP contribution in [0, 0.1) is 0 Å². The van der Waals surface area contributed by atoms with E-state index in [-0.39, 0.29) is 11.6 Å². The van der Waals surface area contributed by atoms with Crippen molar-refractivity contribution in [1.29, 1.82) is 0 Å². The normalized spacial score (nSPS) is 10.5.